The highest BCUT2D eigenvalue weighted by atomic mass is 35.5. The lowest BCUT2D eigenvalue weighted by Crippen LogP contribution is -2.54. The number of benzene rings is 2. The van der Waals surface area contributed by atoms with Crippen molar-refractivity contribution in [2.75, 3.05) is 22.7 Å². The maximum Gasteiger partial charge on any atom is 0.261 e. The van der Waals surface area contributed by atoms with Gasteiger partial charge >= 0.3 is 0 Å². The Morgan fingerprint density at radius 3 is 2.38 bits per heavy atom. The molecule has 2 aromatic carbocycles. The van der Waals surface area contributed by atoms with E-state index in [9.17, 15) is 13.7 Å². The molecule has 1 aromatic heterocycles. The minimum absolute atomic E-state index is 0.127. The molecule has 2 N–H and O–H groups in total. The molecule has 2 atom stereocenters. The molecule has 0 saturated carbocycles. The van der Waals surface area contributed by atoms with Crippen LogP contribution in [-0.2, 0) is 10.0 Å². The number of thiophene rings is 1. The second-order valence-corrected chi connectivity index (χ2v) is 11.3. The minimum atomic E-state index is -3.86. The molecule has 4 rings (SSSR count). The van der Waals surface area contributed by atoms with Crippen molar-refractivity contribution in [1.82, 2.24) is 5.32 Å². The van der Waals surface area contributed by atoms with Gasteiger partial charge in [-0.1, -0.05) is 23.7 Å². The molecule has 0 radical (unpaired) electrons. The van der Waals surface area contributed by atoms with Crippen molar-refractivity contribution in [1.29, 1.82) is 5.26 Å². The molecule has 1 aliphatic heterocycles. The summed E-state index contributed by atoms with van der Waals surface area (Å²) < 4.78 is 29.4. The lowest BCUT2D eigenvalue weighted by molar-refractivity contribution is 0.407. The third kappa shape index (κ3) is 4.92. The Kier molecular flexibility index (Phi) is 6.45. The number of nitriles is 1. The molecule has 2 heterocycles. The molecule has 1 aliphatic rings. The highest BCUT2D eigenvalue weighted by molar-refractivity contribution is 7.92. The van der Waals surface area contributed by atoms with Crippen LogP contribution < -0.4 is 14.9 Å². The number of anilines is 2. The van der Waals surface area contributed by atoms with Crippen LogP contribution in [-0.4, -0.2) is 33.6 Å². The monoisotopic (exact) mass is 486 g/mol. The van der Waals surface area contributed by atoms with Crippen LogP contribution in [0.25, 0.3) is 10.4 Å². The van der Waals surface area contributed by atoms with E-state index in [1.807, 2.05) is 18.2 Å². The molecule has 0 aliphatic carbocycles. The van der Waals surface area contributed by atoms with Crippen molar-refractivity contribution in [2.45, 2.75) is 30.8 Å². The van der Waals surface area contributed by atoms with Crippen LogP contribution in [0.5, 0.6) is 0 Å². The summed E-state index contributed by atoms with van der Waals surface area (Å²) in [5.41, 5.74) is 2.32. The lowest BCUT2D eigenvalue weighted by atomic mass is 10.1. The van der Waals surface area contributed by atoms with Crippen LogP contribution >= 0.6 is 22.9 Å². The average Bonchev–Trinajstić information content (AvgIpc) is 3.19. The van der Waals surface area contributed by atoms with Crippen molar-refractivity contribution < 1.29 is 8.42 Å². The largest absolute Gasteiger partial charge is 0.368 e. The molecule has 1 fully saturated rings. The number of sulfonamides is 1. The molecule has 32 heavy (non-hydrogen) atoms. The molecular formula is C23H23ClN4O2S2. The Morgan fingerprint density at radius 2 is 1.78 bits per heavy atom. The van der Waals surface area contributed by atoms with Gasteiger partial charge in [-0.2, -0.15) is 5.26 Å². The fourth-order valence-corrected chi connectivity index (χ4v) is 6.04. The summed E-state index contributed by atoms with van der Waals surface area (Å²) in [5, 5.41) is 13.0. The Bertz CT molecular complexity index is 1260. The molecule has 0 amide bonds. The first-order valence-corrected chi connectivity index (χ1v) is 12.9. The fraction of sp³-hybridized carbons (Fsp3) is 0.261. The zero-order valence-electron chi connectivity index (χ0n) is 17.7. The van der Waals surface area contributed by atoms with Crippen molar-refractivity contribution in [3.8, 4) is 16.5 Å². The Balaban J connectivity index is 1.60. The number of piperazine rings is 1. The van der Waals surface area contributed by atoms with Crippen molar-refractivity contribution in [2.24, 2.45) is 0 Å². The number of nitrogens with zero attached hydrogens (tertiary/aromatic N) is 2. The molecule has 6 nitrogen and oxygen atoms in total. The van der Waals surface area contributed by atoms with Crippen LogP contribution in [0.4, 0.5) is 11.4 Å². The zero-order valence-corrected chi connectivity index (χ0v) is 20.1. The van der Waals surface area contributed by atoms with Gasteiger partial charge in [0.2, 0.25) is 0 Å². The van der Waals surface area contributed by atoms with Gasteiger partial charge in [0.1, 0.15) is 6.07 Å². The summed E-state index contributed by atoms with van der Waals surface area (Å²) in [6.45, 7) is 5.83. The summed E-state index contributed by atoms with van der Waals surface area (Å²) in [6.07, 6.45) is 0. The summed E-state index contributed by atoms with van der Waals surface area (Å²) in [6, 6.07) is 18.3. The van der Waals surface area contributed by atoms with Gasteiger partial charge in [0.05, 0.1) is 20.5 Å². The van der Waals surface area contributed by atoms with E-state index in [1.54, 1.807) is 36.4 Å². The third-order valence-electron chi connectivity index (χ3n) is 5.31. The van der Waals surface area contributed by atoms with Gasteiger partial charge in [-0.15, -0.1) is 11.3 Å². The summed E-state index contributed by atoms with van der Waals surface area (Å²) in [4.78, 5) is 3.29. The Morgan fingerprint density at radius 1 is 1.09 bits per heavy atom. The molecule has 9 heteroatoms. The summed E-state index contributed by atoms with van der Waals surface area (Å²) in [5.74, 6) is 0. The van der Waals surface area contributed by atoms with E-state index in [1.165, 1.54) is 11.3 Å². The number of rotatable bonds is 5. The maximum absolute atomic E-state index is 13.1. The van der Waals surface area contributed by atoms with E-state index in [0.29, 0.717) is 16.4 Å². The first kappa shape index (κ1) is 22.6. The van der Waals surface area contributed by atoms with Gasteiger partial charge in [-0.25, -0.2) is 8.42 Å². The average molecular weight is 487 g/mol. The van der Waals surface area contributed by atoms with Gasteiger partial charge in [-0.05, 0) is 61.9 Å². The quantitative estimate of drug-likeness (QED) is 0.534. The van der Waals surface area contributed by atoms with E-state index in [0.717, 1.165) is 29.2 Å². The van der Waals surface area contributed by atoms with Crippen molar-refractivity contribution in [3.05, 3.63) is 64.5 Å². The fourth-order valence-electron chi connectivity index (χ4n) is 3.92. The van der Waals surface area contributed by atoms with Gasteiger partial charge < -0.3 is 10.2 Å². The highest BCUT2D eigenvalue weighted by Gasteiger charge is 2.23. The van der Waals surface area contributed by atoms with Crippen LogP contribution in [0.2, 0.25) is 4.34 Å². The minimum Gasteiger partial charge on any atom is -0.368 e. The van der Waals surface area contributed by atoms with Crippen LogP contribution in [0.1, 0.15) is 19.4 Å². The number of nitrogens with one attached hydrogen (secondary N) is 2. The first-order valence-electron chi connectivity index (χ1n) is 10.2. The van der Waals surface area contributed by atoms with Crippen molar-refractivity contribution >= 4 is 44.3 Å². The topological polar surface area (TPSA) is 85.2 Å². The Labute approximate surface area is 197 Å². The summed E-state index contributed by atoms with van der Waals surface area (Å²) in [7, 11) is -3.86. The maximum atomic E-state index is 13.1. The van der Waals surface area contributed by atoms with E-state index < -0.39 is 10.0 Å². The molecule has 0 spiro atoms. The molecule has 2 unspecified atom stereocenters. The van der Waals surface area contributed by atoms with Gasteiger partial charge in [0.25, 0.3) is 10.0 Å². The first-order chi connectivity index (χ1) is 15.2. The third-order valence-corrected chi connectivity index (χ3v) is 7.97. The zero-order chi connectivity index (χ0) is 22.9. The smallest absolute Gasteiger partial charge is 0.261 e. The van der Waals surface area contributed by atoms with Gasteiger partial charge in [-0.3, -0.25) is 4.72 Å². The van der Waals surface area contributed by atoms with E-state index >= 15 is 0 Å². The second kappa shape index (κ2) is 9.12. The molecule has 0 bridgehead atoms. The van der Waals surface area contributed by atoms with E-state index in [-0.39, 0.29) is 16.1 Å². The van der Waals surface area contributed by atoms with E-state index in [4.69, 9.17) is 11.6 Å². The summed E-state index contributed by atoms with van der Waals surface area (Å²) >= 11 is 7.43. The number of hydrogen-bond acceptors (Lipinski definition) is 6. The van der Waals surface area contributed by atoms with E-state index in [2.05, 4.69) is 34.9 Å². The van der Waals surface area contributed by atoms with Crippen molar-refractivity contribution in [3.63, 3.8) is 0 Å². The Hall–Kier alpha value is -2.57. The number of hydrogen-bond donors (Lipinski definition) is 2. The standard InChI is InChI=1S/C23H23ClN4O2S2/c1-15-13-28(14-16(2)26-15)19-6-3-18(12-25)21(11-19)27-32(29,30)20-7-4-17(5-8-20)22-9-10-23(24)31-22/h3-11,15-16,26-27H,13-14H2,1-2H3. The lowest BCUT2D eigenvalue weighted by Gasteiger charge is -2.37. The molecule has 166 valence electrons. The molecule has 1 saturated heterocycles. The molecule has 3 aromatic rings. The van der Waals surface area contributed by atoms with Crippen LogP contribution in [0.3, 0.4) is 0 Å². The predicted octanol–water partition coefficient (Wildman–Crippen LogP) is 4.93. The molecular weight excluding hydrogens is 464 g/mol. The normalized spacial score (nSPS) is 18.9. The predicted molar refractivity (Wildman–Crippen MR) is 131 cm³/mol. The van der Waals surface area contributed by atoms with Gasteiger partial charge in [0, 0.05) is 35.7 Å². The second-order valence-electron chi connectivity index (χ2n) is 7.95. The van der Waals surface area contributed by atoms with Gasteiger partial charge in [0.15, 0.2) is 0 Å². The van der Waals surface area contributed by atoms with Crippen LogP contribution in [0, 0.1) is 11.3 Å². The number of halogens is 1. The van der Waals surface area contributed by atoms with Crippen LogP contribution in [0.15, 0.2) is 59.5 Å². The SMILES string of the molecule is CC1CN(c2ccc(C#N)c(NS(=O)(=O)c3ccc(-c4ccc(Cl)s4)cc3)c2)CC(C)N1. The highest BCUT2D eigenvalue weighted by Crippen LogP contribution is 2.32.